The van der Waals surface area contributed by atoms with Gasteiger partial charge in [-0.1, -0.05) is 28.1 Å². The lowest BCUT2D eigenvalue weighted by molar-refractivity contribution is 0.199. The fourth-order valence-corrected chi connectivity index (χ4v) is 1.86. The molecule has 1 N–H and O–H groups in total. The molecule has 0 atom stereocenters. The zero-order chi connectivity index (χ0) is 10.9. The van der Waals surface area contributed by atoms with Crippen LogP contribution in [0.15, 0.2) is 28.7 Å². The number of methoxy groups -OCH3 is 1. The van der Waals surface area contributed by atoms with Gasteiger partial charge in [-0.05, 0) is 37.1 Å². The fraction of sp³-hybridized carbons (Fsp3) is 0.500. The summed E-state index contributed by atoms with van der Waals surface area (Å²) in [5, 5.41) is 3.33. The molecule has 0 fully saturated rings. The van der Waals surface area contributed by atoms with Crippen molar-refractivity contribution in [1.29, 1.82) is 0 Å². The Morgan fingerprint density at radius 2 is 2.20 bits per heavy atom. The predicted molar refractivity (Wildman–Crippen MR) is 67.2 cm³/mol. The third-order valence-electron chi connectivity index (χ3n) is 2.19. The van der Waals surface area contributed by atoms with E-state index in [-0.39, 0.29) is 0 Å². The van der Waals surface area contributed by atoms with Crippen LogP contribution in [0.2, 0.25) is 0 Å². The van der Waals surface area contributed by atoms with E-state index in [0.717, 1.165) is 30.6 Å². The lowest BCUT2D eigenvalue weighted by atomic mass is 10.1. The van der Waals surface area contributed by atoms with Crippen molar-refractivity contribution in [2.75, 3.05) is 26.8 Å². The van der Waals surface area contributed by atoms with Crippen LogP contribution in [0.1, 0.15) is 12.0 Å². The quantitative estimate of drug-likeness (QED) is 0.770. The number of rotatable bonds is 7. The van der Waals surface area contributed by atoms with Gasteiger partial charge in [0, 0.05) is 18.1 Å². The summed E-state index contributed by atoms with van der Waals surface area (Å²) < 4.78 is 6.11. The number of benzene rings is 1. The van der Waals surface area contributed by atoms with Crippen LogP contribution in [0, 0.1) is 0 Å². The standard InChI is InChI=1S/C12H18BrNO/c1-15-9-8-14-7-3-5-11-4-2-6-12(13)10-11/h2,4,6,10,14H,3,5,7-9H2,1H3. The van der Waals surface area contributed by atoms with Crippen LogP contribution in [-0.2, 0) is 11.2 Å². The molecule has 0 saturated heterocycles. The first-order valence-corrected chi connectivity index (χ1v) is 6.06. The summed E-state index contributed by atoms with van der Waals surface area (Å²) in [7, 11) is 1.73. The van der Waals surface area contributed by atoms with Crippen molar-refractivity contribution in [3.63, 3.8) is 0 Å². The Kier molecular flexibility index (Phi) is 6.64. The minimum atomic E-state index is 0.789. The molecule has 0 spiro atoms. The average molecular weight is 272 g/mol. The second kappa shape index (κ2) is 7.85. The molecule has 84 valence electrons. The Labute approximate surface area is 100 Å². The fourth-order valence-electron chi connectivity index (χ4n) is 1.41. The Morgan fingerprint density at radius 3 is 2.93 bits per heavy atom. The normalized spacial score (nSPS) is 10.5. The third kappa shape index (κ3) is 5.92. The number of ether oxygens (including phenoxy) is 1. The molecule has 3 heteroatoms. The van der Waals surface area contributed by atoms with Crippen LogP contribution >= 0.6 is 15.9 Å². The lowest BCUT2D eigenvalue weighted by Crippen LogP contribution is -2.20. The molecule has 0 aliphatic rings. The topological polar surface area (TPSA) is 21.3 Å². The third-order valence-corrected chi connectivity index (χ3v) is 2.68. The maximum atomic E-state index is 4.95. The number of nitrogens with one attached hydrogen (secondary N) is 1. The van der Waals surface area contributed by atoms with E-state index in [1.807, 2.05) is 0 Å². The Balaban J connectivity index is 2.10. The van der Waals surface area contributed by atoms with Gasteiger partial charge in [0.25, 0.3) is 0 Å². The lowest BCUT2D eigenvalue weighted by Gasteiger charge is -2.04. The molecular formula is C12H18BrNO. The van der Waals surface area contributed by atoms with Gasteiger partial charge in [0.15, 0.2) is 0 Å². The van der Waals surface area contributed by atoms with Crippen molar-refractivity contribution in [1.82, 2.24) is 5.32 Å². The second-order valence-corrected chi connectivity index (χ2v) is 4.39. The van der Waals surface area contributed by atoms with Crippen molar-refractivity contribution in [2.24, 2.45) is 0 Å². The van der Waals surface area contributed by atoms with Gasteiger partial charge in [-0.2, -0.15) is 0 Å². The van der Waals surface area contributed by atoms with Gasteiger partial charge in [0.1, 0.15) is 0 Å². The molecule has 1 aromatic carbocycles. The number of aryl methyl sites for hydroxylation is 1. The first kappa shape index (κ1) is 12.7. The van der Waals surface area contributed by atoms with E-state index in [1.165, 1.54) is 12.0 Å². The van der Waals surface area contributed by atoms with Crippen LogP contribution in [0.25, 0.3) is 0 Å². The highest BCUT2D eigenvalue weighted by atomic mass is 79.9. The van der Waals surface area contributed by atoms with E-state index in [9.17, 15) is 0 Å². The molecule has 0 amide bonds. The van der Waals surface area contributed by atoms with E-state index in [2.05, 4.69) is 45.5 Å². The number of hydrogen-bond donors (Lipinski definition) is 1. The van der Waals surface area contributed by atoms with Gasteiger partial charge in [0.05, 0.1) is 6.61 Å². The van der Waals surface area contributed by atoms with E-state index in [0.29, 0.717) is 0 Å². The smallest absolute Gasteiger partial charge is 0.0587 e. The first-order chi connectivity index (χ1) is 7.33. The van der Waals surface area contributed by atoms with Crippen LogP contribution in [0.5, 0.6) is 0 Å². The summed E-state index contributed by atoms with van der Waals surface area (Å²) in [5.74, 6) is 0. The highest BCUT2D eigenvalue weighted by Crippen LogP contribution is 2.12. The summed E-state index contributed by atoms with van der Waals surface area (Å²) in [6, 6.07) is 8.48. The highest BCUT2D eigenvalue weighted by molar-refractivity contribution is 9.10. The van der Waals surface area contributed by atoms with Crippen LogP contribution in [0.4, 0.5) is 0 Å². The van der Waals surface area contributed by atoms with Crippen molar-refractivity contribution in [3.8, 4) is 0 Å². The van der Waals surface area contributed by atoms with Gasteiger partial charge in [-0.15, -0.1) is 0 Å². The molecule has 2 nitrogen and oxygen atoms in total. The minimum Gasteiger partial charge on any atom is -0.383 e. The van der Waals surface area contributed by atoms with Crippen molar-refractivity contribution in [2.45, 2.75) is 12.8 Å². The number of hydrogen-bond acceptors (Lipinski definition) is 2. The van der Waals surface area contributed by atoms with Crippen molar-refractivity contribution in [3.05, 3.63) is 34.3 Å². The predicted octanol–water partition coefficient (Wildman–Crippen LogP) is 2.62. The maximum Gasteiger partial charge on any atom is 0.0587 e. The zero-order valence-corrected chi connectivity index (χ0v) is 10.7. The van der Waals surface area contributed by atoms with Crippen molar-refractivity contribution < 1.29 is 4.74 Å². The molecule has 0 aliphatic heterocycles. The molecule has 1 aromatic rings. The van der Waals surface area contributed by atoms with Gasteiger partial charge in [-0.3, -0.25) is 0 Å². The molecule has 15 heavy (non-hydrogen) atoms. The molecule has 0 aliphatic carbocycles. The second-order valence-electron chi connectivity index (χ2n) is 3.48. The summed E-state index contributed by atoms with van der Waals surface area (Å²) in [4.78, 5) is 0. The minimum absolute atomic E-state index is 0.789. The van der Waals surface area contributed by atoms with Crippen molar-refractivity contribution >= 4 is 15.9 Å². The largest absolute Gasteiger partial charge is 0.383 e. The first-order valence-electron chi connectivity index (χ1n) is 5.27. The SMILES string of the molecule is COCCNCCCc1cccc(Br)c1. The monoisotopic (exact) mass is 271 g/mol. The molecular weight excluding hydrogens is 254 g/mol. The zero-order valence-electron chi connectivity index (χ0n) is 9.13. The molecule has 1 rings (SSSR count). The molecule has 0 heterocycles. The summed E-state index contributed by atoms with van der Waals surface area (Å²) >= 11 is 3.47. The van der Waals surface area contributed by atoms with Crippen LogP contribution in [0.3, 0.4) is 0 Å². The van der Waals surface area contributed by atoms with Gasteiger partial charge in [0.2, 0.25) is 0 Å². The number of halogens is 1. The van der Waals surface area contributed by atoms with E-state index in [1.54, 1.807) is 7.11 Å². The van der Waals surface area contributed by atoms with E-state index in [4.69, 9.17) is 4.74 Å². The molecule has 0 saturated carbocycles. The van der Waals surface area contributed by atoms with E-state index < -0.39 is 0 Å². The van der Waals surface area contributed by atoms with E-state index >= 15 is 0 Å². The Hall–Kier alpha value is -0.380. The highest BCUT2D eigenvalue weighted by Gasteiger charge is 1.94. The summed E-state index contributed by atoms with van der Waals surface area (Å²) in [6.07, 6.45) is 2.29. The Morgan fingerprint density at radius 1 is 1.33 bits per heavy atom. The van der Waals surface area contributed by atoms with Gasteiger partial charge in [-0.25, -0.2) is 0 Å². The molecule has 0 unspecified atom stereocenters. The maximum absolute atomic E-state index is 4.95. The average Bonchev–Trinajstić information content (AvgIpc) is 2.23. The Bertz CT molecular complexity index is 278. The van der Waals surface area contributed by atoms with Crippen LogP contribution in [-0.4, -0.2) is 26.8 Å². The van der Waals surface area contributed by atoms with Gasteiger partial charge >= 0.3 is 0 Å². The molecule has 0 bridgehead atoms. The molecule has 0 radical (unpaired) electrons. The summed E-state index contributed by atoms with van der Waals surface area (Å²) in [5.41, 5.74) is 1.39. The van der Waals surface area contributed by atoms with Crippen LogP contribution < -0.4 is 5.32 Å². The molecule has 0 aromatic heterocycles. The van der Waals surface area contributed by atoms with Gasteiger partial charge < -0.3 is 10.1 Å². The summed E-state index contributed by atoms with van der Waals surface area (Å²) in [6.45, 7) is 2.78.